The second-order valence-electron chi connectivity index (χ2n) is 5.58. The Morgan fingerprint density at radius 3 is 2.25 bits per heavy atom. The Hall–Kier alpha value is -2.57. The van der Waals surface area contributed by atoms with Crippen LogP contribution in [0.15, 0.2) is 42.6 Å². The number of benzene rings is 1. The van der Waals surface area contributed by atoms with Gasteiger partial charge in [0.15, 0.2) is 0 Å². The van der Waals surface area contributed by atoms with Crippen molar-refractivity contribution in [1.82, 2.24) is 4.98 Å². The molecule has 2 aromatic rings. The first-order valence-electron chi connectivity index (χ1n) is 7.25. The number of hydrogen-bond acceptors (Lipinski definition) is 4. The Balaban J connectivity index is 1.72. The molecular weight excluding hydrogens is 323 g/mol. The highest BCUT2D eigenvalue weighted by atomic mass is 19.4. The summed E-state index contributed by atoms with van der Waals surface area (Å²) in [5.74, 6) is 0.0858. The zero-order chi connectivity index (χ0) is 17.4. The molecule has 0 N–H and O–H groups in total. The monoisotopic (exact) mass is 337 g/mol. The Kier molecular flexibility index (Phi) is 3.95. The van der Waals surface area contributed by atoms with Crippen molar-refractivity contribution < 1.29 is 27.4 Å². The summed E-state index contributed by atoms with van der Waals surface area (Å²) in [7, 11) is 1.27. The summed E-state index contributed by atoms with van der Waals surface area (Å²) in [5, 5.41) is 0. The molecule has 126 valence electrons. The number of rotatable bonds is 4. The molecule has 1 saturated carbocycles. The summed E-state index contributed by atoms with van der Waals surface area (Å²) in [5.41, 5.74) is -1.18. The molecule has 0 atom stereocenters. The number of pyridine rings is 1. The van der Waals surface area contributed by atoms with E-state index in [9.17, 15) is 18.0 Å². The number of methoxy groups -OCH3 is 1. The number of ether oxygens (including phenoxy) is 2. The Labute approximate surface area is 136 Å². The number of hydrogen-bond donors (Lipinski definition) is 0. The van der Waals surface area contributed by atoms with Crippen molar-refractivity contribution in [2.24, 2.45) is 0 Å². The van der Waals surface area contributed by atoms with E-state index in [1.54, 1.807) is 0 Å². The van der Waals surface area contributed by atoms with Gasteiger partial charge < -0.3 is 9.47 Å². The molecule has 0 radical (unpaired) electrons. The highest BCUT2D eigenvalue weighted by Crippen LogP contribution is 2.58. The van der Waals surface area contributed by atoms with Gasteiger partial charge in [0.1, 0.15) is 5.75 Å². The maximum absolute atomic E-state index is 13.1. The highest BCUT2D eigenvalue weighted by molar-refractivity contribution is 5.88. The molecule has 0 saturated heterocycles. The van der Waals surface area contributed by atoms with Crippen molar-refractivity contribution in [1.29, 1.82) is 0 Å². The van der Waals surface area contributed by atoms with E-state index in [2.05, 4.69) is 9.72 Å². The third kappa shape index (κ3) is 2.93. The van der Waals surface area contributed by atoms with Gasteiger partial charge in [-0.15, -0.1) is 0 Å². The van der Waals surface area contributed by atoms with E-state index in [4.69, 9.17) is 4.74 Å². The number of carbonyl (C=O) groups excluding carboxylic acids is 1. The average Bonchev–Trinajstić information content (AvgIpc) is 3.37. The first kappa shape index (κ1) is 16.3. The summed E-state index contributed by atoms with van der Waals surface area (Å²) in [6, 6.07) is 8.80. The van der Waals surface area contributed by atoms with Crippen LogP contribution >= 0.6 is 0 Å². The first-order chi connectivity index (χ1) is 11.4. The van der Waals surface area contributed by atoms with E-state index in [0.29, 0.717) is 5.75 Å². The zero-order valence-corrected chi connectivity index (χ0v) is 12.8. The van der Waals surface area contributed by atoms with Crippen LogP contribution in [0.2, 0.25) is 0 Å². The summed E-state index contributed by atoms with van der Waals surface area (Å²) >= 11 is 0. The fourth-order valence-electron chi connectivity index (χ4n) is 2.50. The smallest absolute Gasteiger partial charge is 0.398 e. The molecule has 0 amide bonds. The molecule has 1 aliphatic carbocycles. The molecule has 0 aliphatic heterocycles. The van der Waals surface area contributed by atoms with Crippen LogP contribution < -0.4 is 4.74 Å². The number of nitrogens with zero attached hydrogens (tertiary/aromatic N) is 1. The van der Waals surface area contributed by atoms with Crippen LogP contribution in [0, 0.1) is 0 Å². The second kappa shape index (κ2) is 5.81. The summed E-state index contributed by atoms with van der Waals surface area (Å²) in [6.07, 6.45) is -2.69. The molecular formula is C17H14F3NO3. The van der Waals surface area contributed by atoms with Crippen molar-refractivity contribution in [3.8, 4) is 11.6 Å². The van der Waals surface area contributed by atoms with Crippen LogP contribution in [0.4, 0.5) is 13.2 Å². The molecule has 1 aliphatic rings. The lowest BCUT2D eigenvalue weighted by molar-refractivity contribution is -0.160. The van der Waals surface area contributed by atoms with Gasteiger partial charge in [-0.1, -0.05) is 12.1 Å². The molecule has 4 nitrogen and oxygen atoms in total. The topological polar surface area (TPSA) is 48.4 Å². The van der Waals surface area contributed by atoms with E-state index in [0.717, 1.165) is 0 Å². The van der Waals surface area contributed by atoms with E-state index in [-0.39, 0.29) is 29.8 Å². The molecule has 0 unspecified atom stereocenters. The van der Waals surface area contributed by atoms with Gasteiger partial charge in [-0.25, -0.2) is 9.78 Å². The van der Waals surface area contributed by atoms with Gasteiger partial charge in [-0.05, 0) is 36.6 Å². The Morgan fingerprint density at radius 1 is 1.12 bits per heavy atom. The molecule has 0 bridgehead atoms. The summed E-state index contributed by atoms with van der Waals surface area (Å²) in [6.45, 7) is 0. The van der Waals surface area contributed by atoms with Crippen LogP contribution in [0.1, 0.15) is 28.8 Å². The molecule has 1 fully saturated rings. The minimum absolute atomic E-state index is 0.118. The first-order valence-corrected chi connectivity index (χ1v) is 7.25. The number of esters is 1. The van der Waals surface area contributed by atoms with Crippen molar-refractivity contribution >= 4 is 5.97 Å². The van der Waals surface area contributed by atoms with E-state index in [1.807, 2.05) is 0 Å². The van der Waals surface area contributed by atoms with Gasteiger partial charge in [-0.3, -0.25) is 0 Å². The van der Waals surface area contributed by atoms with Crippen LogP contribution in [0.25, 0.3) is 0 Å². The van der Waals surface area contributed by atoms with Crippen molar-refractivity contribution in [3.05, 3.63) is 53.7 Å². The van der Waals surface area contributed by atoms with Crippen LogP contribution in [0.5, 0.6) is 11.6 Å². The van der Waals surface area contributed by atoms with Crippen LogP contribution in [-0.4, -0.2) is 24.2 Å². The number of aromatic nitrogens is 1. The molecule has 7 heteroatoms. The maximum Gasteiger partial charge on any atom is 0.398 e. The molecule has 0 spiro atoms. The van der Waals surface area contributed by atoms with Crippen LogP contribution in [0.3, 0.4) is 0 Å². The van der Waals surface area contributed by atoms with Gasteiger partial charge >= 0.3 is 12.1 Å². The SMILES string of the molecule is COC(=O)c1ccc(Oc2ccc(C3(C(F)(F)F)CC3)cc2)nc1. The molecule has 24 heavy (non-hydrogen) atoms. The third-order valence-electron chi connectivity index (χ3n) is 4.08. The number of carbonyl (C=O) groups is 1. The van der Waals surface area contributed by atoms with Gasteiger partial charge in [0, 0.05) is 12.3 Å². The minimum atomic E-state index is -4.24. The Bertz CT molecular complexity index is 735. The zero-order valence-electron chi connectivity index (χ0n) is 12.8. The Morgan fingerprint density at radius 2 is 1.79 bits per heavy atom. The molecule has 3 rings (SSSR count). The minimum Gasteiger partial charge on any atom is -0.465 e. The standard InChI is InChI=1S/C17H14F3NO3/c1-23-15(22)11-2-7-14(21-10-11)24-13-5-3-12(4-6-13)16(8-9-16)17(18,19)20/h2-7,10H,8-9H2,1H3. The summed E-state index contributed by atoms with van der Waals surface area (Å²) in [4.78, 5) is 15.3. The normalized spacial score (nSPS) is 15.7. The summed E-state index contributed by atoms with van der Waals surface area (Å²) < 4.78 is 49.3. The van der Waals surface area contributed by atoms with E-state index in [1.165, 1.54) is 49.7 Å². The largest absolute Gasteiger partial charge is 0.465 e. The fraction of sp³-hybridized carbons (Fsp3) is 0.294. The fourth-order valence-corrected chi connectivity index (χ4v) is 2.50. The van der Waals surface area contributed by atoms with Crippen molar-refractivity contribution in [3.63, 3.8) is 0 Å². The molecule has 1 aromatic carbocycles. The predicted molar refractivity (Wildman–Crippen MR) is 79.1 cm³/mol. The van der Waals surface area contributed by atoms with Gasteiger partial charge in [-0.2, -0.15) is 13.2 Å². The maximum atomic E-state index is 13.1. The van der Waals surface area contributed by atoms with Crippen molar-refractivity contribution in [2.45, 2.75) is 24.4 Å². The lowest BCUT2D eigenvalue weighted by atomic mass is 9.95. The third-order valence-corrected chi connectivity index (χ3v) is 4.08. The van der Waals surface area contributed by atoms with Crippen molar-refractivity contribution in [2.75, 3.05) is 7.11 Å². The lowest BCUT2D eigenvalue weighted by Crippen LogP contribution is -2.28. The van der Waals surface area contributed by atoms with Gasteiger partial charge in [0.05, 0.1) is 18.1 Å². The van der Waals surface area contributed by atoms with Gasteiger partial charge in [0.2, 0.25) is 5.88 Å². The highest BCUT2D eigenvalue weighted by Gasteiger charge is 2.64. The number of halogens is 3. The van der Waals surface area contributed by atoms with E-state index < -0.39 is 17.6 Å². The number of alkyl halides is 3. The quantitative estimate of drug-likeness (QED) is 0.783. The predicted octanol–water partition coefficient (Wildman–Crippen LogP) is 4.25. The van der Waals surface area contributed by atoms with Crippen LogP contribution in [-0.2, 0) is 10.2 Å². The van der Waals surface area contributed by atoms with E-state index >= 15 is 0 Å². The average molecular weight is 337 g/mol. The lowest BCUT2D eigenvalue weighted by Gasteiger charge is -2.19. The second-order valence-corrected chi connectivity index (χ2v) is 5.58. The van der Waals surface area contributed by atoms with Gasteiger partial charge in [0.25, 0.3) is 0 Å². The molecule has 1 heterocycles. The molecule has 1 aromatic heterocycles.